The van der Waals surface area contributed by atoms with E-state index in [9.17, 15) is 9.59 Å². The molecule has 0 aliphatic carbocycles. The lowest BCUT2D eigenvalue weighted by molar-refractivity contribution is 0.0897. The normalized spacial score (nSPS) is 17.7. The topological polar surface area (TPSA) is 87.7 Å². The van der Waals surface area contributed by atoms with Crippen LogP contribution in [0.1, 0.15) is 111 Å². The van der Waals surface area contributed by atoms with Gasteiger partial charge in [0.2, 0.25) is 0 Å². The molecule has 1 N–H and O–H groups in total. The number of rotatable bonds is 18. The summed E-state index contributed by atoms with van der Waals surface area (Å²) >= 11 is 0. The molecule has 8 nitrogen and oxygen atoms in total. The molecule has 1 aliphatic heterocycles. The number of aldehydes is 1. The van der Waals surface area contributed by atoms with Crippen molar-refractivity contribution < 1.29 is 14.3 Å². The van der Waals surface area contributed by atoms with E-state index in [0.717, 1.165) is 61.8 Å². The van der Waals surface area contributed by atoms with Crippen LogP contribution < -0.4 is 15.1 Å². The molecule has 1 amide bonds. The maximum atomic E-state index is 14.1. The summed E-state index contributed by atoms with van der Waals surface area (Å²) in [4.78, 5) is 39.9. The summed E-state index contributed by atoms with van der Waals surface area (Å²) in [5.41, 5.74) is 3.37. The molecule has 0 bridgehead atoms. The Balaban J connectivity index is 1.71. The maximum absolute atomic E-state index is 14.1. The Hall–Kier alpha value is -4.04. The molecule has 4 unspecified atom stereocenters. The SMILES string of the molecule is C=CCC1C(C(CC)CCC)c2ccc(C(=O)NC(C)(CC)c3nc(N(C)C)c4ccc(C=O)cc4n3)cc2N1CCOC/C=C/CC. The highest BCUT2D eigenvalue weighted by Gasteiger charge is 2.41. The number of carbonyl (C=O) groups excluding carboxylic acids is 2. The van der Waals surface area contributed by atoms with Crippen LogP contribution in [0, 0.1) is 5.92 Å². The first-order valence-electron chi connectivity index (χ1n) is 17.7. The third-order valence-electron chi connectivity index (χ3n) is 9.82. The van der Waals surface area contributed by atoms with Crippen LogP contribution >= 0.6 is 0 Å². The van der Waals surface area contributed by atoms with Gasteiger partial charge in [-0.05, 0) is 61.9 Å². The molecule has 48 heavy (non-hydrogen) atoms. The Labute approximate surface area is 287 Å². The number of allylic oxidation sites excluding steroid dienone is 1. The zero-order valence-electron chi connectivity index (χ0n) is 30.1. The minimum absolute atomic E-state index is 0.177. The molecule has 1 aliphatic rings. The fourth-order valence-electron chi connectivity index (χ4n) is 7.07. The Morgan fingerprint density at radius 2 is 1.92 bits per heavy atom. The summed E-state index contributed by atoms with van der Waals surface area (Å²) in [6, 6.07) is 11.9. The Bertz CT molecular complexity index is 1600. The summed E-state index contributed by atoms with van der Waals surface area (Å²) in [5, 5.41) is 4.14. The van der Waals surface area contributed by atoms with Crippen molar-refractivity contribution in [2.75, 3.05) is 43.7 Å². The van der Waals surface area contributed by atoms with E-state index in [4.69, 9.17) is 14.7 Å². The van der Waals surface area contributed by atoms with E-state index in [-0.39, 0.29) is 11.9 Å². The number of ether oxygens (including phenoxy) is 1. The molecule has 8 heteroatoms. The summed E-state index contributed by atoms with van der Waals surface area (Å²) < 4.78 is 6.02. The highest BCUT2D eigenvalue weighted by molar-refractivity contribution is 5.97. The Morgan fingerprint density at radius 3 is 2.56 bits per heavy atom. The zero-order valence-corrected chi connectivity index (χ0v) is 30.1. The number of amides is 1. The van der Waals surface area contributed by atoms with Gasteiger partial charge in [-0.1, -0.05) is 77.3 Å². The number of nitrogens with one attached hydrogen (secondary N) is 1. The van der Waals surface area contributed by atoms with E-state index in [1.54, 1.807) is 12.1 Å². The maximum Gasteiger partial charge on any atom is 0.252 e. The van der Waals surface area contributed by atoms with Crippen LogP contribution in [0.5, 0.6) is 0 Å². The van der Waals surface area contributed by atoms with E-state index in [2.05, 4.69) is 61.9 Å². The first-order valence-corrected chi connectivity index (χ1v) is 17.7. The molecule has 0 saturated carbocycles. The molecule has 0 radical (unpaired) electrons. The van der Waals surface area contributed by atoms with E-state index in [1.807, 2.05) is 51.1 Å². The van der Waals surface area contributed by atoms with Crippen molar-refractivity contribution in [2.45, 2.75) is 90.6 Å². The largest absolute Gasteiger partial charge is 0.376 e. The van der Waals surface area contributed by atoms with Crippen LogP contribution in [0.2, 0.25) is 0 Å². The van der Waals surface area contributed by atoms with Crippen molar-refractivity contribution in [1.29, 1.82) is 0 Å². The van der Waals surface area contributed by atoms with Gasteiger partial charge in [-0.3, -0.25) is 9.59 Å². The second-order valence-electron chi connectivity index (χ2n) is 13.3. The number of hydrogen-bond donors (Lipinski definition) is 1. The summed E-state index contributed by atoms with van der Waals surface area (Å²) in [6.45, 7) is 16.7. The second-order valence-corrected chi connectivity index (χ2v) is 13.3. The molecule has 0 saturated heterocycles. The van der Waals surface area contributed by atoms with Gasteiger partial charge >= 0.3 is 0 Å². The van der Waals surface area contributed by atoms with Crippen molar-refractivity contribution in [3.05, 3.63) is 83.7 Å². The number of aromatic nitrogens is 2. The van der Waals surface area contributed by atoms with Crippen LogP contribution in [0.15, 0.2) is 61.2 Å². The number of carbonyl (C=O) groups is 2. The van der Waals surface area contributed by atoms with Gasteiger partial charge in [0.15, 0.2) is 5.82 Å². The van der Waals surface area contributed by atoms with Crippen LogP contribution in [-0.2, 0) is 10.3 Å². The minimum Gasteiger partial charge on any atom is -0.376 e. The van der Waals surface area contributed by atoms with Crippen LogP contribution in [0.3, 0.4) is 0 Å². The highest BCUT2D eigenvalue weighted by atomic mass is 16.5. The third-order valence-corrected chi connectivity index (χ3v) is 9.82. The first-order chi connectivity index (χ1) is 23.2. The lowest BCUT2D eigenvalue weighted by Gasteiger charge is -2.33. The van der Waals surface area contributed by atoms with Crippen molar-refractivity contribution in [3.8, 4) is 0 Å². The van der Waals surface area contributed by atoms with Gasteiger partial charge in [0.1, 0.15) is 12.1 Å². The van der Waals surface area contributed by atoms with E-state index in [0.29, 0.717) is 53.9 Å². The fourth-order valence-corrected chi connectivity index (χ4v) is 7.07. The minimum atomic E-state index is -0.853. The van der Waals surface area contributed by atoms with Crippen LogP contribution in [0.25, 0.3) is 10.9 Å². The average molecular weight is 654 g/mol. The third kappa shape index (κ3) is 7.97. The summed E-state index contributed by atoms with van der Waals surface area (Å²) in [6.07, 6.45) is 12.9. The van der Waals surface area contributed by atoms with Crippen LogP contribution in [0.4, 0.5) is 11.5 Å². The Kier molecular flexibility index (Phi) is 12.9. The van der Waals surface area contributed by atoms with E-state index >= 15 is 0 Å². The van der Waals surface area contributed by atoms with Gasteiger partial charge in [0.25, 0.3) is 5.91 Å². The van der Waals surface area contributed by atoms with Gasteiger partial charge in [-0.15, -0.1) is 6.58 Å². The standard InChI is InChI=1S/C40H55N5O3/c1-9-14-15-23-48-24-22-45-34(17-11-3)36(29(12-4)16-10-2)32-21-19-30(26-35(32)45)38(47)43-40(6,13-5)39-41-33-25-28(27-46)18-20-31(33)37(42-39)44(7)8/h11,14-15,18-21,25-27,29,34,36H,3,9-10,12-13,16-17,22-24H2,1-2,4-8H3,(H,43,47)/b15-14+. The molecule has 4 atom stereocenters. The van der Waals surface area contributed by atoms with Crippen molar-refractivity contribution in [3.63, 3.8) is 0 Å². The van der Waals surface area contributed by atoms with Gasteiger partial charge < -0.3 is 19.9 Å². The smallest absolute Gasteiger partial charge is 0.252 e. The van der Waals surface area contributed by atoms with E-state index < -0.39 is 5.54 Å². The first kappa shape index (κ1) is 36.8. The average Bonchev–Trinajstić information content (AvgIpc) is 3.39. The summed E-state index contributed by atoms with van der Waals surface area (Å²) in [7, 11) is 3.86. The number of benzene rings is 2. The zero-order chi connectivity index (χ0) is 34.8. The van der Waals surface area contributed by atoms with Gasteiger partial charge in [0, 0.05) is 54.8 Å². The number of fused-ring (bicyclic) bond motifs is 2. The van der Waals surface area contributed by atoms with Crippen molar-refractivity contribution in [1.82, 2.24) is 15.3 Å². The molecule has 258 valence electrons. The van der Waals surface area contributed by atoms with Crippen molar-refractivity contribution in [2.24, 2.45) is 5.92 Å². The summed E-state index contributed by atoms with van der Waals surface area (Å²) in [5.74, 6) is 1.96. The molecule has 3 aromatic rings. The van der Waals surface area contributed by atoms with Crippen molar-refractivity contribution >= 4 is 34.6 Å². The molecule has 2 heterocycles. The predicted molar refractivity (Wildman–Crippen MR) is 198 cm³/mol. The van der Waals surface area contributed by atoms with E-state index in [1.165, 1.54) is 5.56 Å². The number of hydrogen-bond acceptors (Lipinski definition) is 7. The quantitative estimate of drug-likeness (QED) is 0.0841. The lowest BCUT2D eigenvalue weighted by atomic mass is 9.78. The predicted octanol–water partition coefficient (Wildman–Crippen LogP) is 8.22. The second kappa shape index (κ2) is 16.9. The fraction of sp³-hybridized carbons (Fsp3) is 0.500. The Morgan fingerprint density at radius 1 is 1.12 bits per heavy atom. The monoisotopic (exact) mass is 653 g/mol. The number of nitrogens with zero attached hydrogens (tertiary/aromatic N) is 4. The molecule has 2 aromatic carbocycles. The van der Waals surface area contributed by atoms with Crippen LogP contribution in [-0.4, -0.2) is 62.1 Å². The number of anilines is 2. The lowest BCUT2D eigenvalue weighted by Crippen LogP contribution is -2.44. The molecular formula is C40H55N5O3. The van der Waals surface area contributed by atoms with Gasteiger partial charge in [0.05, 0.1) is 24.3 Å². The van der Waals surface area contributed by atoms with Gasteiger partial charge in [-0.25, -0.2) is 9.97 Å². The molecular weight excluding hydrogens is 598 g/mol. The molecule has 4 rings (SSSR count). The molecule has 0 fully saturated rings. The highest BCUT2D eigenvalue weighted by Crippen LogP contribution is 2.48. The van der Waals surface area contributed by atoms with Gasteiger partial charge in [-0.2, -0.15) is 0 Å². The molecule has 0 spiro atoms. The molecule has 1 aromatic heterocycles.